The molecule has 1 aliphatic rings. The highest BCUT2D eigenvalue weighted by Gasteiger charge is 2.17. The molecule has 7 heteroatoms. The van der Waals surface area contributed by atoms with Gasteiger partial charge in [-0.05, 0) is 31.8 Å². The van der Waals surface area contributed by atoms with Gasteiger partial charge in [-0.25, -0.2) is 9.97 Å². The zero-order valence-electron chi connectivity index (χ0n) is 10.8. The normalized spacial score (nSPS) is 19.4. The number of aromatic nitrogens is 2. The Hall–Kier alpha value is -1.17. The van der Waals surface area contributed by atoms with E-state index in [1.54, 1.807) is 6.08 Å². The van der Waals surface area contributed by atoms with Gasteiger partial charge < -0.3 is 10.5 Å². The number of ketones is 1. The maximum atomic E-state index is 12.0. The van der Waals surface area contributed by atoms with Crippen LogP contribution in [0, 0.1) is 0 Å². The third-order valence-corrected chi connectivity index (χ3v) is 3.57. The second kappa shape index (κ2) is 7.02. The number of carbonyl (C=O) groups is 1. The van der Waals surface area contributed by atoms with Crippen molar-refractivity contribution in [3.05, 3.63) is 28.0 Å². The molecule has 0 amide bonds. The molecule has 0 radical (unpaired) electrons. The molecule has 108 valence electrons. The molecule has 20 heavy (non-hydrogen) atoms. The quantitative estimate of drug-likeness (QED) is 0.525. The topological polar surface area (TPSA) is 78.1 Å². The number of nitrogens with two attached hydrogens (primary N) is 1. The summed E-state index contributed by atoms with van der Waals surface area (Å²) in [7, 11) is 0. The van der Waals surface area contributed by atoms with Gasteiger partial charge in [0, 0.05) is 6.61 Å². The SMILES string of the molecule is Nc1nc(Cl)c(C(=O)/C=C/CC2CCCCO2)c(Cl)n1. The van der Waals surface area contributed by atoms with E-state index in [1.165, 1.54) is 6.08 Å². The predicted octanol–water partition coefficient (Wildman–Crippen LogP) is 3.06. The van der Waals surface area contributed by atoms with Gasteiger partial charge in [-0.2, -0.15) is 0 Å². The Labute approximate surface area is 127 Å². The van der Waals surface area contributed by atoms with Crippen LogP contribution in [0.1, 0.15) is 36.0 Å². The number of anilines is 1. The van der Waals surface area contributed by atoms with Gasteiger partial charge >= 0.3 is 0 Å². The van der Waals surface area contributed by atoms with Crippen LogP contribution in [0.25, 0.3) is 0 Å². The molecule has 0 aliphatic carbocycles. The van der Waals surface area contributed by atoms with E-state index in [1.807, 2.05) is 0 Å². The highest BCUT2D eigenvalue weighted by molar-refractivity contribution is 6.39. The number of nitrogen functional groups attached to an aromatic ring is 1. The van der Waals surface area contributed by atoms with E-state index in [0.717, 1.165) is 25.9 Å². The Morgan fingerprint density at radius 3 is 2.65 bits per heavy atom. The van der Waals surface area contributed by atoms with Crippen LogP contribution in [-0.4, -0.2) is 28.5 Å². The first-order valence-corrected chi connectivity index (χ1v) is 7.14. The zero-order chi connectivity index (χ0) is 14.5. The van der Waals surface area contributed by atoms with E-state index >= 15 is 0 Å². The Bertz CT molecular complexity index is 505. The second-order valence-corrected chi connectivity index (χ2v) is 5.25. The van der Waals surface area contributed by atoms with Crippen LogP contribution >= 0.6 is 23.2 Å². The molecule has 1 aromatic heterocycles. The highest BCUT2D eigenvalue weighted by Crippen LogP contribution is 2.23. The van der Waals surface area contributed by atoms with Gasteiger partial charge in [0.25, 0.3) is 0 Å². The zero-order valence-corrected chi connectivity index (χ0v) is 12.3. The molecule has 0 aromatic carbocycles. The first kappa shape index (κ1) is 15.2. The maximum absolute atomic E-state index is 12.0. The van der Waals surface area contributed by atoms with Crippen LogP contribution in [0.4, 0.5) is 5.95 Å². The van der Waals surface area contributed by atoms with Gasteiger partial charge in [0.1, 0.15) is 10.3 Å². The van der Waals surface area contributed by atoms with E-state index in [9.17, 15) is 4.79 Å². The van der Waals surface area contributed by atoms with Crippen LogP contribution in [0.2, 0.25) is 10.3 Å². The number of nitrogens with zero attached hydrogens (tertiary/aromatic N) is 2. The predicted molar refractivity (Wildman–Crippen MR) is 78.1 cm³/mol. The molecule has 5 nitrogen and oxygen atoms in total. The third kappa shape index (κ3) is 3.91. The van der Waals surface area contributed by atoms with E-state index in [-0.39, 0.29) is 33.7 Å². The monoisotopic (exact) mass is 315 g/mol. The minimum Gasteiger partial charge on any atom is -0.378 e. The lowest BCUT2D eigenvalue weighted by Crippen LogP contribution is -2.18. The van der Waals surface area contributed by atoms with Crippen LogP contribution in [-0.2, 0) is 4.74 Å². The van der Waals surface area contributed by atoms with Gasteiger partial charge in [0.15, 0.2) is 5.78 Å². The van der Waals surface area contributed by atoms with Crippen molar-refractivity contribution in [3.63, 3.8) is 0 Å². The molecule has 2 rings (SSSR count). The Balaban J connectivity index is 2.01. The molecule has 0 saturated carbocycles. The average Bonchev–Trinajstić information content (AvgIpc) is 2.38. The molecule has 1 atom stereocenters. The standard InChI is InChI=1S/C13H15Cl2N3O2/c14-11-10(12(15)18-13(16)17-11)9(19)6-3-5-8-4-1-2-7-20-8/h3,6,8H,1-2,4-5,7H2,(H2,16,17,18)/b6-3+. The summed E-state index contributed by atoms with van der Waals surface area (Å²) in [6, 6.07) is 0. The fraction of sp³-hybridized carbons (Fsp3) is 0.462. The van der Waals surface area contributed by atoms with Crippen LogP contribution in [0.15, 0.2) is 12.2 Å². The molecule has 1 fully saturated rings. The van der Waals surface area contributed by atoms with Gasteiger partial charge in [-0.1, -0.05) is 29.3 Å². The molecule has 2 heterocycles. The number of ether oxygens (including phenoxy) is 1. The molecule has 0 bridgehead atoms. The molecule has 1 saturated heterocycles. The minimum absolute atomic E-state index is 0.0360. The van der Waals surface area contributed by atoms with Crippen molar-refractivity contribution in [3.8, 4) is 0 Å². The number of halogens is 2. The van der Waals surface area contributed by atoms with Gasteiger partial charge in [0.05, 0.1) is 11.7 Å². The number of rotatable bonds is 4. The first-order valence-electron chi connectivity index (χ1n) is 6.39. The van der Waals surface area contributed by atoms with E-state index in [2.05, 4.69) is 9.97 Å². The van der Waals surface area contributed by atoms with Crippen molar-refractivity contribution in [2.24, 2.45) is 0 Å². The van der Waals surface area contributed by atoms with Crippen molar-refractivity contribution < 1.29 is 9.53 Å². The number of allylic oxidation sites excluding steroid dienone is 1. The summed E-state index contributed by atoms with van der Waals surface area (Å²) >= 11 is 11.7. The van der Waals surface area contributed by atoms with Gasteiger partial charge in [-0.3, -0.25) is 4.79 Å². The summed E-state index contributed by atoms with van der Waals surface area (Å²) in [5, 5.41) is -0.0721. The maximum Gasteiger partial charge on any atom is 0.222 e. The number of carbonyl (C=O) groups excluding carboxylic acids is 1. The second-order valence-electron chi connectivity index (χ2n) is 4.53. The summed E-state index contributed by atoms with van der Waals surface area (Å²) < 4.78 is 5.57. The number of hydrogen-bond donors (Lipinski definition) is 1. The number of hydrogen-bond acceptors (Lipinski definition) is 5. The molecular formula is C13H15Cl2N3O2. The molecular weight excluding hydrogens is 301 g/mol. The Kier molecular flexibility index (Phi) is 5.34. The Morgan fingerprint density at radius 2 is 2.05 bits per heavy atom. The van der Waals surface area contributed by atoms with Crippen LogP contribution < -0.4 is 5.73 Å². The molecule has 1 aliphatic heterocycles. The lowest BCUT2D eigenvalue weighted by molar-refractivity contribution is 0.0184. The third-order valence-electron chi connectivity index (χ3n) is 3.03. The lowest BCUT2D eigenvalue weighted by Gasteiger charge is -2.20. The summed E-state index contributed by atoms with van der Waals surface area (Å²) in [5.41, 5.74) is 5.46. The van der Waals surface area contributed by atoms with Crippen molar-refractivity contribution in [1.82, 2.24) is 9.97 Å². The molecule has 1 unspecified atom stereocenters. The smallest absolute Gasteiger partial charge is 0.222 e. The van der Waals surface area contributed by atoms with Crippen molar-refractivity contribution in [2.75, 3.05) is 12.3 Å². The fourth-order valence-corrected chi connectivity index (χ4v) is 2.62. The lowest BCUT2D eigenvalue weighted by atomic mass is 10.1. The average molecular weight is 316 g/mol. The van der Waals surface area contributed by atoms with E-state index in [0.29, 0.717) is 6.42 Å². The van der Waals surface area contributed by atoms with Crippen molar-refractivity contribution >= 4 is 34.9 Å². The summed E-state index contributed by atoms with van der Waals surface area (Å²) in [5.74, 6) is -0.396. The van der Waals surface area contributed by atoms with Crippen LogP contribution in [0.3, 0.4) is 0 Å². The minimum atomic E-state index is -0.337. The molecule has 2 N–H and O–H groups in total. The van der Waals surface area contributed by atoms with Crippen LogP contribution in [0.5, 0.6) is 0 Å². The van der Waals surface area contributed by atoms with Gasteiger partial charge in [-0.15, -0.1) is 0 Å². The summed E-state index contributed by atoms with van der Waals surface area (Å²) in [6.07, 6.45) is 7.35. The summed E-state index contributed by atoms with van der Waals surface area (Å²) in [6.45, 7) is 0.788. The Morgan fingerprint density at radius 1 is 1.35 bits per heavy atom. The van der Waals surface area contributed by atoms with E-state index < -0.39 is 0 Å². The van der Waals surface area contributed by atoms with Crippen molar-refractivity contribution in [1.29, 1.82) is 0 Å². The fourth-order valence-electron chi connectivity index (χ4n) is 2.03. The first-order chi connectivity index (χ1) is 9.58. The molecule has 0 spiro atoms. The molecule has 1 aromatic rings. The summed E-state index contributed by atoms with van der Waals surface area (Å²) in [4.78, 5) is 19.5. The van der Waals surface area contributed by atoms with Crippen molar-refractivity contribution in [2.45, 2.75) is 31.8 Å². The highest BCUT2D eigenvalue weighted by atomic mass is 35.5. The van der Waals surface area contributed by atoms with E-state index in [4.69, 9.17) is 33.7 Å². The van der Waals surface area contributed by atoms with Gasteiger partial charge in [0.2, 0.25) is 5.95 Å². The largest absolute Gasteiger partial charge is 0.378 e.